The van der Waals surface area contributed by atoms with Gasteiger partial charge < -0.3 is 10.1 Å². The van der Waals surface area contributed by atoms with Crippen molar-refractivity contribution in [2.75, 3.05) is 26.7 Å². The summed E-state index contributed by atoms with van der Waals surface area (Å²) >= 11 is 6.42. The number of likely N-dealkylation sites (tertiary alicyclic amines) is 1. The van der Waals surface area contributed by atoms with Gasteiger partial charge in [-0.3, -0.25) is 9.69 Å². The Morgan fingerprint density at radius 3 is 2.60 bits per heavy atom. The number of hydrogen-bond donors (Lipinski definition) is 1. The molecule has 6 heteroatoms. The Hall–Kier alpha value is -2.89. The van der Waals surface area contributed by atoms with Crippen LogP contribution < -0.4 is 10.1 Å². The predicted molar refractivity (Wildman–Crippen MR) is 138 cm³/mol. The fraction of sp³-hybridized carbons (Fsp3) is 0.345. The van der Waals surface area contributed by atoms with Crippen LogP contribution in [0.2, 0.25) is 5.02 Å². The summed E-state index contributed by atoms with van der Waals surface area (Å²) < 4.78 is 19.1. The van der Waals surface area contributed by atoms with Crippen LogP contribution >= 0.6 is 11.6 Å². The van der Waals surface area contributed by atoms with Crippen LogP contribution in [-0.4, -0.2) is 37.6 Å². The number of methoxy groups -OCH3 is 1. The number of nitrogens with zero attached hydrogens (tertiary/aromatic N) is 1. The molecule has 0 spiro atoms. The van der Waals surface area contributed by atoms with Crippen molar-refractivity contribution < 1.29 is 13.9 Å². The number of carbonyl (C=O) groups excluding carboxylic acids is 1. The highest BCUT2D eigenvalue weighted by atomic mass is 35.5. The highest BCUT2D eigenvalue weighted by Crippen LogP contribution is 2.33. The highest BCUT2D eigenvalue weighted by molar-refractivity contribution is 6.31. The largest absolute Gasteiger partial charge is 0.497 e. The summed E-state index contributed by atoms with van der Waals surface area (Å²) in [5.74, 6) is 0.664. The summed E-state index contributed by atoms with van der Waals surface area (Å²) in [6, 6.07) is 21.0. The minimum atomic E-state index is -0.203. The van der Waals surface area contributed by atoms with Crippen molar-refractivity contribution in [3.63, 3.8) is 0 Å². The van der Waals surface area contributed by atoms with Crippen LogP contribution in [0, 0.1) is 18.7 Å². The molecule has 1 aliphatic heterocycles. The summed E-state index contributed by atoms with van der Waals surface area (Å²) in [5, 5.41) is 3.86. The first-order chi connectivity index (χ1) is 16.9. The maximum absolute atomic E-state index is 13.9. The molecule has 1 aliphatic rings. The normalized spacial score (nSPS) is 18.3. The third-order valence-electron chi connectivity index (χ3n) is 6.77. The number of ether oxygens (including phenoxy) is 1. The number of aryl methyl sites for hydroxylation is 1. The summed E-state index contributed by atoms with van der Waals surface area (Å²) in [4.78, 5) is 15.5. The Labute approximate surface area is 212 Å². The monoisotopic (exact) mass is 494 g/mol. The van der Waals surface area contributed by atoms with E-state index in [1.807, 2.05) is 60.7 Å². The lowest BCUT2D eigenvalue weighted by Crippen LogP contribution is -2.45. The number of nitrogens with one attached hydrogen (secondary N) is 1. The van der Waals surface area contributed by atoms with Crippen molar-refractivity contribution in [1.29, 1.82) is 0 Å². The van der Waals surface area contributed by atoms with Crippen molar-refractivity contribution in [3.8, 4) is 5.75 Å². The average Bonchev–Trinajstić information content (AvgIpc) is 2.87. The number of amides is 1. The molecule has 35 heavy (non-hydrogen) atoms. The average molecular weight is 495 g/mol. The molecule has 1 fully saturated rings. The Morgan fingerprint density at radius 2 is 1.89 bits per heavy atom. The first kappa shape index (κ1) is 25.2. The third-order valence-corrected chi connectivity index (χ3v) is 7.14. The fourth-order valence-corrected chi connectivity index (χ4v) is 5.00. The minimum absolute atomic E-state index is 0.0613. The molecule has 4 rings (SSSR count). The number of rotatable bonds is 8. The van der Waals surface area contributed by atoms with Crippen LogP contribution in [0.15, 0.2) is 66.7 Å². The van der Waals surface area contributed by atoms with Gasteiger partial charge in [-0.05, 0) is 72.2 Å². The lowest BCUT2D eigenvalue weighted by Gasteiger charge is -2.37. The number of carbonyl (C=O) groups is 1. The highest BCUT2D eigenvalue weighted by Gasteiger charge is 2.32. The van der Waals surface area contributed by atoms with E-state index >= 15 is 0 Å². The minimum Gasteiger partial charge on any atom is -0.497 e. The molecule has 0 bridgehead atoms. The van der Waals surface area contributed by atoms with Crippen molar-refractivity contribution in [2.45, 2.75) is 32.2 Å². The van der Waals surface area contributed by atoms with Crippen LogP contribution in [0.1, 0.15) is 34.6 Å². The molecule has 184 valence electrons. The molecular formula is C29H32ClFN2O2. The van der Waals surface area contributed by atoms with Gasteiger partial charge in [-0.2, -0.15) is 0 Å². The van der Waals surface area contributed by atoms with E-state index in [2.05, 4.69) is 10.2 Å². The molecular weight excluding hydrogens is 463 g/mol. The summed E-state index contributed by atoms with van der Waals surface area (Å²) in [6.45, 7) is 4.49. The van der Waals surface area contributed by atoms with Gasteiger partial charge in [-0.1, -0.05) is 54.1 Å². The third kappa shape index (κ3) is 6.62. The molecule has 0 saturated carbocycles. The van der Waals surface area contributed by atoms with Gasteiger partial charge in [0, 0.05) is 31.2 Å². The van der Waals surface area contributed by atoms with Crippen LogP contribution in [-0.2, 0) is 17.8 Å². The maximum Gasteiger partial charge on any atom is 0.224 e. The first-order valence-electron chi connectivity index (χ1n) is 12.1. The van der Waals surface area contributed by atoms with Gasteiger partial charge in [-0.15, -0.1) is 0 Å². The Balaban J connectivity index is 1.44. The van der Waals surface area contributed by atoms with Crippen molar-refractivity contribution >= 4 is 17.5 Å². The van der Waals surface area contributed by atoms with Gasteiger partial charge in [0.25, 0.3) is 0 Å². The predicted octanol–water partition coefficient (Wildman–Crippen LogP) is 5.76. The molecule has 0 radical (unpaired) electrons. The fourth-order valence-electron chi connectivity index (χ4n) is 4.81. The number of hydrogen-bond acceptors (Lipinski definition) is 3. The smallest absolute Gasteiger partial charge is 0.224 e. The second kappa shape index (κ2) is 11.7. The van der Waals surface area contributed by atoms with Crippen LogP contribution in [0.5, 0.6) is 5.75 Å². The van der Waals surface area contributed by atoms with E-state index in [9.17, 15) is 9.18 Å². The second-order valence-electron chi connectivity index (χ2n) is 9.31. The molecule has 4 nitrogen and oxygen atoms in total. The Morgan fingerprint density at radius 1 is 1.11 bits per heavy atom. The van der Waals surface area contributed by atoms with E-state index < -0.39 is 0 Å². The van der Waals surface area contributed by atoms with Gasteiger partial charge >= 0.3 is 0 Å². The number of halogens is 2. The molecule has 2 atom stereocenters. The topological polar surface area (TPSA) is 41.6 Å². The van der Waals surface area contributed by atoms with Crippen molar-refractivity contribution in [3.05, 3.63) is 99.8 Å². The van der Waals surface area contributed by atoms with E-state index in [1.54, 1.807) is 14.0 Å². The molecule has 1 saturated heterocycles. The van der Waals surface area contributed by atoms with E-state index in [4.69, 9.17) is 16.3 Å². The molecule has 0 aliphatic carbocycles. The molecule has 0 aromatic heterocycles. The maximum atomic E-state index is 13.9. The van der Waals surface area contributed by atoms with E-state index in [1.165, 1.54) is 6.07 Å². The SMILES string of the molecule is COc1ccc(CCNC(=O)[C@H]2C[C@H](c3ccc(F)c(C)c3)CN(Cc3ccccc3Cl)C2)cc1. The quantitative estimate of drug-likeness (QED) is 0.433. The van der Waals surface area contributed by atoms with E-state index in [0.29, 0.717) is 25.2 Å². The van der Waals surface area contributed by atoms with Gasteiger partial charge in [-0.25, -0.2) is 4.39 Å². The zero-order chi connectivity index (χ0) is 24.8. The van der Waals surface area contributed by atoms with Crippen molar-refractivity contribution in [2.24, 2.45) is 5.92 Å². The summed E-state index contributed by atoms with van der Waals surface area (Å²) in [5.41, 5.74) is 3.90. The molecule has 1 heterocycles. The number of benzene rings is 3. The molecule has 0 unspecified atom stereocenters. The summed E-state index contributed by atoms with van der Waals surface area (Å²) in [6.07, 6.45) is 1.49. The zero-order valence-corrected chi connectivity index (χ0v) is 21.0. The van der Waals surface area contributed by atoms with Gasteiger partial charge in [0.2, 0.25) is 5.91 Å². The summed E-state index contributed by atoms with van der Waals surface area (Å²) in [7, 11) is 1.65. The van der Waals surface area contributed by atoms with Crippen molar-refractivity contribution in [1.82, 2.24) is 10.2 Å². The Bertz CT molecular complexity index is 1150. The van der Waals surface area contributed by atoms with Crippen LogP contribution in [0.4, 0.5) is 4.39 Å². The lowest BCUT2D eigenvalue weighted by atomic mass is 9.83. The van der Waals surface area contributed by atoms with Gasteiger partial charge in [0.15, 0.2) is 0 Å². The number of piperidine rings is 1. The zero-order valence-electron chi connectivity index (χ0n) is 20.3. The first-order valence-corrected chi connectivity index (χ1v) is 12.4. The molecule has 1 amide bonds. The molecule has 1 N–H and O–H groups in total. The molecule has 3 aromatic carbocycles. The van der Waals surface area contributed by atoms with Crippen LogP contribution in [0.3, 0.4) is 0 Å². The van der Waals surface area contributed by atoms with Gasteiger partial charge in [0.1, 0.15) is 11.6 Å². The standard InChI is InChI=1S/C29H32ClFN2O2/c1-20-15-22(9-12-28(20)31)24-16-25(19-33(18-24)17-23-5-3-4-6-27(23)30)29(34)32-14-13-21-7-10-26(35-2)11-8-21/h3-12,15,24-25H,13-14,16-19H2,1-2H3,(H,32,34)/t24-,25-/m0/s1. The van der Waals surface area contributed by atoms with Crippen LogP contribution in [0.25, 0.3) is 0 Å². The molecule has 3 aromatic rings. The van der Waals surface area contributed by atoms with E-state index in [0.717, 1.165) is 46.8 Å². The second-order valence-corrected chi connectivity index (χ2v) is 9.72. The Kier molecular flexibility index (Phi) is 8.42. The lowest BCUT2D eigenvalue weighted by molar-refractivity contribution is -0.127. The van der Waals surface area contributed by atoms with E-state index in [-0.39, 0.29) is 23.6 Å². The van der Waals surface area contributed by atoms with Gasteiger partial charge in [0.05, 0.1) is 13.0 Å².